The molecule has 0 saturated carbocycles. The summed E-state index contributed by atoms with van der Waals surface area (Å²) < 4.78 is 1.90. The number of carbonyl (C=O) groups excluding carboxylic acids is 1. The van der Waals surface area contributed by atoms with Crippen LogP contribution in [0.5, 0.6) is 0 Å². The molecule has 0 aliphatic heterocycles. The van der Waals surface area contributed by atoms with E-state index < -0.39 is 0 Å². The van der Waals surface area contributed by atoms with E-state index in [9.17, 15) is 4.79 Å². The van der Waals surface area contributed by atoms with E-state index in [0.29, 0.717) is 18.2 Å². The average molecular weight is 253 g/mol. The molecule has 5 heteroatoms. The monoisotopic (exact) mass is 253 g/mol. The second-order valence-electron chi connectivity index (χ2n) is 5.56. The minimum absolute atomic E-state index is 0.149. The van der Waals surface area contributed by atoms with Crippen LogP contribution in [0, 0.1) is 0 Å². The summed E-state index contributed by atoms with van der Waals surface area (Å²) in [6, 6.07) is 1.82. The molecule has 1 rings (SSSR count). The maximum Gasteiger partial charge on any atom is 0.295 e. The van der Waals surface area contributed by atoms with Gasteiger partial charge in [-0.15, -0.1) is 0 Å². The topological polar surface area (TPSA) is 56.1 Å². The molecule has 1 heterocycles. The van der Waals surface area contributed by atoms with E-state index in [-0.39, 0.29) is 11.4 Å². The van der Waals surface area contributed by atoms with Crippen molar-refractivity contribution >= 4 is 5.91 Å². The van der Waals surface area contributed by atoms with Crippen molar-refractivity contribution in [3.63, 3.8) is 0 Å². The van der Waals surface area contributed by atoms with Gasteiger partial charge in [0.1, 0.15) is 0 Å². The van der Waals surface area contributed by atoms with E-state index >= 15 is 0 Å². The smallest absolute Gasteiger partial charge is 0.274 e. The van der Waals surface area contributed by atoms with Gasteiger partial charge < -0.3 is 0 Å². The zero-order valence-corrected chi connectivity index (χ0v) is 12.1. The predicted octanol–water partition coefficient (Wildman–Crippen LogP) is 2.44. The molecule has 0 aliphatic carbocycles. The van der Waals surface area contributed by atoms with Gasteiger partial charge in [-0.3, -0.25) is 14.3 Å². The van der Waals surface area contributed by atoms with Crippen molar-refractivity contribution in [1.29, 1.82) is 0 Å². The summed E-state index contributed by atoms with van der Waals surface area (Å²) in [5, 5.41) is 4.38. The van der Waals surface area contributed by atoms with Gasteiger partial charge in [-0.25, -0.2) is 5.48 Å². The first kappa shape index (κ1) is 14.7. The Morgan fingerprint density at radius 1 is 1.50 bits per heavy atom. The van der Waals surface area contributed by atoms with Gasteiger partial charge in [0.2, 0.25) is 0 Å². The summed E-state index contributed by atoms with van der Waals surface area (Å²) in [6.45, 7) is 12.6. The third-order valence-corrected chi connectivity index (χ3v) is 2.51. The molecule has 102 valence electrons. The van der Waals surface area contributed by atoms with Crippen molar-refractivity contribution in [2.24, 2.45) is 0 Å². The Hall–Kier alpha value is -1.36. The molecule has 1 amide bonds. The van der Waals surface area contributed by atoms with Crippen molar-refractivity contribution < 1.29 is 9.63 Å². The van der Waals surface area contributed by atoms with Crippen LogP contribution in [0.3, 0.4) is 0 Å². The second kappa shape index (κ2) is 5.52. The third-order valence-electron chi connectivity index (χ3n) is 2.51. The van der Waals surface area contributed by atoms with Crippen molar-refractivity contribution in [3.8, 4) is 0 Å². The number of rotatable bonds is 4. The molecule has 1 N–H and O–H groups in total. The van der Waals surface area contributed by atoms with Crippen LogP contribution in [-0.4, -0.2) is 22.3 Å². The number of nitrogens with zero attached hydrogens (tertiary/aromatic N) is 2. The Bertz CT molecular complexity index is 416. The fourth-order valence-electron chi connectivity index (χ4n) is 1.65. The molecule has 0 unspecified atom stereocenters. The normalized spacial score (nSPS) is 11.9. The van der Waals surface area contributed by atoms with Gasteiger partial charge in [0.15, 0.2) is 5.69 Å². The number of carbonyl (C=O) groups is 1. The Morgan fingerprint density at radius 2 is 2.11 bits per heavy atom. The predicted molar refractivity (Wildman–Crippen MR) is 70.4 cm³/mol. The molecule has 1 aromatic rings. The highest BCUT2D eigenvalue weighted by Gasteiger charge is 2.23. The molecule has 0 aliphatic rings. The molecular formula is C13H23N3O2. The molecule has 18 heavy (non-hydrogen) atoms. The Labute approximate surface area is 108 Å². The van der Waals surface area contributed by atoms with E-state index in [1.165, 1.54) is 0 Å². The van der Waals surface area contributed by atoms with Crippen LogP contribution < -0.4 is 5.48 Å². The van der Waals surface area contributed by atoms with Gasteiger partial charge >= 0.3 is 0 Å². The summed E-state index contributed by atoms with van der Waals surface area (Å²) in [4.78, 5) is 16.7. The first-order valence-corrected chi connectivity index (χ1v) is 6.30. The van der Waals surface area contributed by atoms with Crippen LogP contribution in [0.2, 0.25) is 0 Å². The van der Waals surface area contributed by atoms with Gasteiger partial charge in [-0.05, 0) is 39.7 Å². The minimum atomic E-state index is -0.304. The van der Waals surface area contributed by atoms with Crippen molar-refractivity contribution in [1.82, 2.24) is 15.3 Å². The van der Waals surface area contributed by atoms with Crippen molar-refractivity contribution in [2.75, 3.05) is 6.61 Å². The maximum absolute atomic E-state index is 11.8. The minimum Gasteiger partial charge on any atom is -0.274 e. The van der Waals surface area contributed by atoms with E-state index in [0.717, 1.165) is 5.69 Å². The SMILES string of the molecule is CCONC(=O)c1cc(C(C)C)n(C(C)(C)C)n1. The van der Waals surface area contributed by atoms with E-state index in [2.05, 4.69) is 45.2 Å². The molecule has 0 fully saturated rings. The molecule has 1 aromatic heterocycles. The third kappa shape index (κ3) is 3.32. The lowest BCUT2D eigenvalue weighted by Gasteiger charge is -2.23. The standard InChI is InChI=1S/C13H23N3O2/c1-7-18-15-12(17)10-8-11(9(2)3)16(14-10)13(4,5)6/h8-9H,7H2,1-6H3,(H,15,17). The number of hydrogen-bond acceptors (Lipinski definition) is 3. The molecule has 0 bridgehead atoms. The second-order valence-corrected chi connectivity index (χ2v) is 5.56. The maximum atomic E-state index is 11.8. The zero-order chi connectivity index (χ0) is 13.9. The van der Waals surface area contributed by atoms with Crippen LogP contribution in [-0.2, 0) is 10.4 Å². The number of hydroxylamine groups is 1. The number of aromatic nitrogens is 2. The van der Waals surface area contributed by atoms with Gasteiger partial charge in [0.25, 0.3) is 5.91 Å². The highest BCUT2D eigenvalue weighted by molar-refractivity contribution is 5.91. The van der Waals surface area contributed by atoms with Gasteiger partial charge in [-0.1, -0.05) is 13.8 Å². The quantitative estimate of drug-likeness (QED) is 0.838. The molecule has 5 nitrogen and oxygen atoms in total. The van der Waals surface area contributed by atoms with Crippen LogP contribution in [0.4, 0.5) is 0 Å². The summed E-state index contributed by atoms with van der Waals surface area (Å²) in [5.41, 5.74) is 3.65. The van der Waals surface area contributed by atoms with Gasteiger partial charge in [0, 0.05) is 5.69 Å². The van der Waals surface area contributed by atoms with Crippen LogP contribution >= 0.6 is 0 Å². The van der Waals surface area contributed by atoms with Gasteiger partial charge in [0.05, 0.1) is 12.1 Å². The molecule has 0 aromatic carbocycles. The zero-order valence-electron chi connectivity index (χ0n) is 12.1. The fraction of sp³-hybridized carbons (Fsp3) is 0.692. The van der Waals surface area contributed by atoms with E-state index in [1.807, 2.05) is 17.7 Å². The highest BCUT2D eigenvalue weighted by atomic mass is 16.6. The number of nitrogens with one attached hydrogen (secondary N) is 1. The largest absolute Gasteiger partial charge is 0.295 e. The Kier molecular flexibility index (Phi) is 4.51. The summed E-state index contributed by atoms with van der Waals surface area (Å²) >= 11 is 0. The summed E-state index contributed by atoms with van der Waals surface area (Å²) in [7, 11) is 0. The summed E-state index contributed by atoms with van der Waals surface area (Å²) in [5.74, 6) is 0.00659. The average Bonchev–Trinajstić information content (AvgIpc) is 2.70. The Balaban J connectivity index is 3.07. The number of amides is 1. The van der Waals surface area contributed by atoms with Gasteiger partial charge in [-0.2, -0.15) is 5.10 Å². The lowest BCUT2D eigenvalue weighted by atomic mass is 10.1. The number of hydrogen-bond donors (Lipinski definition) is 1. The lowest BCUT2D eigenvalue weighted by Crippen LogP contribution is -2.27. The van der Waals surface area contributed by atoms with E-state index in [1.54, 1.807) is 0 Å². The molecule has 0 spiro atoms. The van der Waals surface area contributed by atoms with E-state index in [4.69, 9.17) is 4.84 Å². The Morgan fingerprint density at radius 3 is 2.50 bits per heavy atom. The molecular weight excluding hydrogens is 230 g/mol. The van der Waals surface area contributed by atoms with Crippen LogP contribution in [0.15, 0.2) is 6.07 Å². The highest BCUT2D eigenvalue weighted by Crippen LogP contribution is 2.23. The van der Waals surface area contributed by atoms with Crippen LogP contribution in [0.25, 0.3) is 0 Å². The lowest BCUT2D eigenvalue weighted by molar-refractivity contribution is 0.0358. The van der Waals surface area contributed by atoms with Crippen LogP contribution in [0.1, 0.15) is 63.6 Å². The van der Waals surface area contributed by atoms with Crippen molar-refractivity contribution in [3.05, 3.63) is 17.5 Å². The summed E-state index contributed by atoms with van der Waals surface area (Å²) in [6.07, 6.45) is 0. The molecule has 0 saturated heterocycles. The first-order chi connectivity index (χ1) is 8.27. The fourth-order valence-corrected chi connectivity index (χ4v) is 1.65. The van der Waals surface area contributed by atoms with Crippen molar-refractivity contribution in [2.45, 2.75) is 53.0 Å². The first-order valence-electron chi connectivity index (χ1n) is 6.30. The molecule has 0 atom stereocenters. The molecule has 0 radical (unpaired) electrons.